The van der Waals surface area contributed by atoms with Gasteiger partial charge in [-0.25, -0.2) is 8.78 Å². The molecule has 0 atom stereocenters. The van der Waals surface area contributed by atoms with Gasteiger partial charge in [0.15, 0.2) is 0 Å². The fourth-order valence-electron chi connectivity index (χ4n) is 3.81. The van der Waals surface area contributed by atoms with Crippen LogP contribution < -0.4 is 4.90 Å². The molecule has 2 heterocycles. The maximum atomic E-state index is 13.7. The van der Waals surface area contributed by atoms with Gasteiger partial charge in [-0.1, -0.05) is 18.1 Å². The fraction of sp³-hybridized carbons (Fsp3) is 0.333. The first-order valence-corrected chi connectivity index (χ1v) is 10.7. The molecule has 6 nitrogen and oxygen atoms in total. The Bertz CT molecular complexity index is 1060. The van der Waals surface area contributed by atoms with Crippen LogP contribution in [0.1, 0.15) is 29.3 Å². The van der Waals surface area contributed by atoms with Crippen LogP contribution in [-0.2, 0) is 11.3 Å². The Labute approximate surface area is 185 Å². The maximum absolute atomic E-state index is 13.7. The summed E-state index contributed by atoms with van der Waals surface area (Å²) in [6.07, 6.45) is 0.727. The second-order valence-corrected chi connectivity index (χ2v) is 7.66. The number of anilines is 1. The monoisotopic (exact) mass is 441 g/mol. The molecule has 168 valence electrons. The number of hydrogen-bond acceptors (Lipinski definition) is 5. The van der Waals surface area contributed by atoms with E-state index >= 15 is 0 Å². The first-order valence-electron chi connectivity index (χ1n) is 10.7. The number of carbonyl (C=O) groups excluding carboxylic acids is 1. The number of morpholine rings is 1. The maximum Gasteiger partial charge on any atom is 0.254 e. The van der Waals surface area contributed by atoms with Crippen molar-refractivity contribution in [3.8, 4) is 11.3 Å². The van der Waals surface area contributed by atoms with E-state index < -0.39 is 5.82 Å². The zero-order valence-corrected chi connectivity index (χ0v) is 17.9. The molecule has 1 aromatic heterocycles. The van der Waals surface area contributed by atoms with Gasteiger partial charge in [-0.2, -0.15) is 0 Å². The van der Waals surface area contributed by atoms with Gasteiger partial charge in [0.2, 0.25) is 5.88 Å². The van der Waals surface area contributed by atoms with E-state index in [-0.39, 0.29) is 23.8 Å². The quantitative estimate of drug-likeness (QED) is 0.540. The van der Waals surface area contributed by atoms with Crippen LogP contribution in [0, 0.1) is 11.6 Å². The third kappa shape index (κ3) is 4.80. The average molecular weight is 441 g/mol. The number of ether oxygens (including phenoxy) is 1. The largest absolute Gasteiger partial charge is 0.378 e. The molecular formula is C24H25F2N3O3. The van der Waals surface area contributed by atoms with E-state index in [1.807, 2.05) is 11.8 Å². The highest BCUT2D eigenvalue weighted by atomic mass is 19.1. The van der Waals surface area contributed by atoms with Crippen molar-refractivity contribution in [2.45, 2.75) is 19.9 Å². The highest BCUT2D eigenvalue weighted by molar-refractivity contribution is 5.94. The van der Waals surface area contributed by atoms with Crippen molar-refractivity contribution in [2.75, 3.05) is 37.7 Å². The molecule has 0 N–H and O–H groups in total. The lowest BCUT2D eigenvalue weighted by Crippen LogP contribution is -2.37. The van der Waals surface area contributed by atoms with Crippen molar-refractivity contribution in [2.24, 2.45) is 0 Å². The molecule has 1 amide bonds. The van der Waals surface area contributed by atoms with Crippen LogP contribution in [0.4, 0.5) is 14.7 Å². The molecule has 32 heavy (non-hydrogen) atoms. The first-order chi connectivity index (χ1) is 15.6. The smallest absolute Gasteiger partial charge is 0.254 e. The minimum absolute atomic E-state index is 0.228. The SMILES string of the molecule is CCCN(Cc1c(-c2ccc(F)cc2)noc1N1CCOCC1)C(=O)c1cccc(F)c1. The van der Waals surface area contributed by atoms with Crippen LogP contribution in [-0.4, -0.2) is 48.8 Å². The van der Waals surface area contributed by atoms with Gasteiger partial charge < -0.3 is 19.1 Å². The lowest BCUT2D eigenvalue weighted by molar-refractivity contribution is 0.0742. The number of nitrogens with zero attached hydrogens (tertiary/aromatic N) is 3. The van der Waals surface area contributed by atoms with Crippen LogP contribution in [0.3, 0.4) is 0 Å². The summed E-state index contributed by atoms with van der Waals surface area (Å²) in [4.78, 5) is 16.9. The number of amides is 1. The molecule has 2 aromatic carbocycles. The number of aromatic nitrogens is 1. The topological polar surface area (TPSA) is 58.8 Å². The molecule has 0 unspecified atom stereocenters. The van der Waals surface area contributed by atoms with Gasteiger partial charge in [-0.3, -0.25) is 4.79 Å². The Morgan fingerprint density at radius 3 is 2.53 bits per heavy atom. The summed E-state index contributed by atoms with van der Waals surface area (Å²) in [6.45, 7) is 5.08. The van der Waals surface area contributed by atoms with E-state index in [0.717, 1.165) is 12.0 Å². The molecule has 1 aliphatic heterocycles. The molecule has 1 fully saturated rings. The average Bonchev–Trinajstić information content (AvgIpc) is 3.23. The van der Waals surface area contributed by atoms with Gasteiger partial charge >= 0.3 is 0 Å². The summed E-state index contributed by atoms with van der Waals surface area (Å²) in [5.41, 5.74) is 2.27. The molecule has 1 saturated heterocycles. The van der Waals surface area contributed by atoms with Crippen molar-refractivity contribution in [1.82, 2.24) is 10.1 Å². The first kappa shape index (κ1) is 22.0. The zero-order chi connectivity index (χ0) is 22.5. The molecule has 1 aliphatic rings. The number of rotatable bonds is 7. The van der Waals surface area contributed by atoms with E-state index in [1.165, 1.54) is 30.3 Å². The van der Waals surface area contributed by atoms with E-state index in [9.17, 15) is 13.6 Å². The lowest BCUT2D eigenvalue weighted by Gasteiger charge is -2.28. The number of hydrogen-bond donors (Lipinski definition) is 0. The molecule has 3 aromatic rings. The van der Waals surface area contributed by atoms with Crippen molar-refractivity contribution in [3.63, 3.8) is 0 Å². The van der Waals surface area contributed by atoms with Gasteiger partial charge in [0.25, 0.3) is 5.91 Å². The van der Waals surface area contributed by atoms with Gasteiger partial charge in [0.1, 0.15) is 17.3 Å². The molecule has 0 radical (unpaired) electrons. The summed E-state index contributed by atoms with van der Waals surface area (Å²) >= 11 is 0. The van der Waals surface area contributed by atoms with Crippen LogP contribution in [0.2, 0.25) is 0 Å². The van der Waals surface area contributed by atoms with Crippen molar-refractivity contribution >= 4 is 11.8 Å². The van der Waals surface area contributed by atoms with Crippen LogP contribution >= 0.6 is 0 Å². The predicted octanol–water partition coefficient (Wildman–Crippen LogP) is 4.51. The Balaban J connectivity index is 1.72. The standard InChI is InChI=1S/C24H25F2N3O3/c1-2-10-29(23(30)18-4-3-5-20(26)15-18)16-21-22(17-6-8-19(25)9-7-17)27-32-24(21)28-11-13-31-14-12-28/h3-9,15H,2,10-14,16H2,1H3. The lowest BCUT2D eigenvalue weighted by atomic mass is 10.1. The Morgan fingerprint density at radius 1 is 1.09 bits per heavy atom. The van der Waals surface area contributed by atoms with E-state index in [0.29, 0.717) is 50.0 Å². The van der Waals surface area contributed by atoms with Crippen molar-refractivity contribution < 1.29 is 22.8 Å². The van der Waals surface area contributed by atoms with Crippen LogP contribution in [0.25, 0.3) is 11.3 Å². The minimum atomic E-state index is -0.460. The highest BCUT2D eigenvalue weighted by Crippen LogP contribution is 2.33. The predicted molar refractivity (Wildman–Crippen MR) is 116 cm³/mol. The molecule has 0 saturated carbocycles. The third-order valence-corrected chi connectivity index (χ3v) is 5.38. The fourth-order valence-corrected chi connectivity index (χ4v) is 3.81. The van der Waals surface area contributed by atoms with Crippen molar-refractivity contribution in [3.05, 3.63) is 71.3 Å². The Morgan fingerprint density at radius 2 is 1.84 bits per heavy atom. The van der Waals surface area contributed by atoms with Crippen molar-refractivity contribution in [1.29, 1.82) is 0 Å². The molecule has 0 bridgehead atoms. The van der Waals surface area contributed by atoms with E-state index in [2.05, 4.69) is 5.16 Å². The van der Waals surface area contributed by atoms with Gasteiger partial charge in [-0.15, -0.1) is 0 Å². The summed E-state index contributed by atoms with van der Waals surface area (Å²) in [6, 6.07) is 11.7. The summed E-state index contributed by atoms with van der Waals surface area (Å²) in [7, 11) is 0. The molecule has 0 aliphatic carbocycles. The number of carbonyl (C=O) groups is 1. The zero-order valence-electron chi connectivity index (χ0n) is 17.9. The minimum Gasteiger partial charge on any atom is -0.378 e. The highest BCUT2D eigenvalue weighted by Gasteiger charge is 2.27. The number of halogens is 2. The molecule has 4 rings (SSSR count). The summed E-state index contributed by atoms with van der Waals surface area (Å²) in [5, 5.41) is 4.27. The van der Waals surface area contributed by atoms with E-state index in [1.54, 1.807) is 23.1 Å². The van der Waals surface area contributed by atoms with Gasteiger partial charge in [-0.05, 0) is 48.9 Å². The second kappa shape index (κ2) is 9.91. The number of benzene rings is 2. The Kier molecular flexibility index (Phi) is 6.80. The second-order valence-electron chi connectivity index (χ2n) is 7.66. The van der Waals surface area contributed by atoms with Gasteiger partial charge in [0.05, 0.1) is 25.3 Å². The Hall–Kier alpha value is -3.26. The summed E-state index contributed by atoms with van der Waals surface area (Å²) < 4.78 is 38.4. The molecule has 8 heteroatoms. The van der Waals surface area contributed by atoms with Crippen LogP contribution in [0.15, 0.2) is 53.1 Å². The molecule has 0 spiro atoms. The van der Waals surface area contributed by atoms with Gasteiger partial charge in [0, 0.05) is 30.8 Å². The normalized spacial score (nSPS) is 13.9. The van der Waals surface area contributed by atoms with E-state index in [4.69, 9.17) is 9.26 Å². The summed E-state index contributed by atoms with van der Waals surface area (Å²) in [5.74, 6) is -0.509. The van der Waals surface area contributed by atoms with Crippen LogP contribution in [0.5, 0.6) is 0 Å². The molecular weight excluding hydrogens is 416 g/mol. The third-order valence-electron chi connectivity index (χ3n) is 5.38.